The van der Waals surface area contributed by atoms with Crippen LogP contribution in [0.15, 0.2) is 122 Å². The van der Waals surface area contributed by atoms with Gasteiger partial charge < -0.3 is 14.2 Å². The molecule has 0 aromatic rings. The summed E-state index contributed by atoms with van der Waals surface area (Å²) in [5.41, 5.74) is 0. The maximum absolute atomic E-state index is 12.8. The molecule has 0 N–H and O–H groups in total. The zero-order valence-corrected chi connectivity index (χ0v) is 44.5. The van der Waals surface area contributed by atoms with Gasteiger partial charge in [-0.1, -0.05) is 232 Å². The van der Waals surface area contributed by atoms with Crippen LogP contribution in [0.2, 0.25) is 0 Å². The summed E-state index contributed by atoms with van der Waals surface area (Å²) in [6, 6.07) is 0. The SMILES string of the molecule is CC/C=C\C/C=C\C/C=C\C/C=C\C/C=C\CC(=O)OC(COC(=O)CCCC/C=C\C/C=C\C/C=C\C/C=C\CC)COC(=O)CCCCCCCCCCC/C=C\CCCCCCCCCC. The molecule has 0 aromatic heterocycles. The second kappa shape index (κ2) is 56.4. The van der Waals surface area contributed by atoms with Gasteiger partial charge in [0.1, 0.15) is 13.2 Å². The summed E-state index contributed by atoms with van der Waals surface area (Å²) in [7, 11) is 0. The molecular formula is C63H102O6. The maximum atomic E-state index is 12.8. The van der Waals surface area contributed by atoms with Gasteiger partial charge in [-0.05, 0) is 109 Å². The van der Waals surface area contributed by atoms with Gasteiger partial charge in [0.2, 0.25) is 0 Å². The van der Waals surface area contributed by atoms with Crippen molar-refractivity contribution in [3.63, 3.8) is 0 Å². The van der Waals surface area contributed by atoms with Crippen molar-refractivity contribution in [1.29, 1.82) is 0 Å². The third-order valence-electron chi connectivity index (χ3n) is 11.5. The Morgan fingerprint density at radius 3 is 1.00 bits per heavy atom. The van der Waals surface area contributed by atoms with E-state index in [1.807, 2.05) is 6.08 Å². The van der Waals surface area contributed by atoms with Gasteiger partial charge in [-0.25, -0.2) is 0 Å². The first-order valence-corrected chi connectivity index (χ1v) is 28.0. The van der Waals surface area contributed by atoms with Gasteiger partial charge in [0, 0.05) is 12.8 Å². The van der Waals surface area contributed by atoms with Crippen molar-refractivity contribution in [3.05, 3.63) is 122 Å². The standard InChI is InChI=1S/C63H102O6/c1-4-7-10-13-16-19-22-25-28-29-30-31-32-33-36-38-41-44-47-50-53-56-62(65)68-59-60(69-63(66)57-54-51-48-45-42-39-35-27-24-21-18-15-12-9-6-3)58-67-61(64)55-52-49-46-43-40-37-34-26-23-20-17-14-11-8-5-2/h8-9,11-12,17-18,20-21,26-27,29-30,34-35,40,42-43,45,51,54,60H,4-7,10,13-16,19,22-25,28,31-33,36-39,41,44,46-50,52-53,55-59H2,1-3H3/b11-8-,12-9-,20-17-,21-18-,30-29-,34-26-,35-27-,43-40-,45-42-,54-51-. The summed E-state index contributed by atoms with van der Waals surface area (Å²) in [6.45, 7) is 6.28. The van der Waals surface area contributed by atoms with Crippen molar-refractivity contribution in [3.8, 4) is 0 Å². The number of hydrogen-bond acceptors (Lipinski definition) is 6. The smallest absolute Gasteiger partial charge is 0.310 e. The second-order valence-corrected chi connectivity index (χ2v) is 18.1. The molecular weight excluding hydrogens is 853 g/mol. The summed E-state index contributed by atoms with van der Waals surface area (Å²) in [4.78, 5) is 38.0. The monoisotopic (exact) mass is 955 g/mol. The molecule has 0 saturated heterocycles. The Labute approximate surface area is 424 Å². The van der Waals surface area contributed by atoms with E-state index in [4.69, 9.17) is 14.2 Å². The van der Waals surface area contributed by atoms with Crippen LogP contribution in [0.1, 0.15) is 239 Å². The maximum Gasteiger partial charge on any atom is 0.310 e. The van der Waals surface area contributed by atoms with E-state index in [2.05, 4.69) is 130 Å². The molecule has 6 heteroatoms. The van der Waals surface area contributed by atoms with Gasteiger partial charge in [-0.3, -0.25) is 14.4 Å². The molecule has 69 heavy (non-hydrogen) atoms. The summed E-state index contributed by atoms with van der Waals surface area (Å²) in [5.74, 6) is -1.11. The minimum Gasteiger partial charge on any atom is -0.462 e. The minimum absolute atomic E-state index is 0.0833. The molecule has 0 aromatic carbocycles. The van der Waals surface area contributed by atoms with E-state index in [1.54, 1.807) is 6.08 Å². The molecule has 0 spiro atoms. The van der Waals surface area contributed by atoms with Gasteiger partial charge in [0.25, 0.3) is 0 Å². The zero-order chi connectivity index (χ0) is 50.0. The molecule has 1 atom stereocenters. The van der Waals surface area contributed by atoms with Crippen LogP contribution in [0, 0.1) is 0 Å². The number of carbonyl (C=O) groups excluding carboxylic acids is 3. The molecule has 0 bridgehead atoms. The number of unbranched alkanes of at least 4 members (excludes halogenated alkanes) is 19. The Morgan fingerprint density at radius 2 is 0.609 bits per heavy atom. The fraction of sp³-hybridized carbons (Fsp3) is 0.635. The van der Waals surface area contributed by atoms with Crippen molar-refractivity contribution < 1.29 is 28.6 Å². The fourth-order valence-corrected chi connectivity index (χ4v) is 7.33. The molecule has 0 saturated carbocycles. The molecule has 0 aliphatic rings. The molecule has 390 valence electrons. The van der Waals surface area contributed by atoms with Gasteiger partial charge in [-0.2, -0.15) is 0 Å². The van der Waals surface area contributed by atoms with Crippen molar-refractivity contribution in [2.24, 2.45) is 0 Å². The minimum atomic E-state index is -0.853. The molecule has 6 nitrogen and oxygen atoms in total. The summed E-state index contributed by atoms with van der Waals surface area (Å²) in [5, 5.41) is 0. The van der Waals surface area contributed by atoms with Crippen LogP contribution in [-0.2, 0) is 28.6 Å². The van der Waals surface area contributed by atoms with E-state index in [-0.39, 0.29) is 38.0 Å². The first kappa shape index (κ1) is 64.8. The van der Waals surface area contributed by atoms with E-state index in [0.717, 1.165) is 83.5 Å². The highest BCUT2D eigenvalue weighted by Gasteiger charge is 2.19. The highest BCUT2D eigenvalue weighted by Crippen LogP contribution is 2.14. The third kappa shape index (κ3) is 54.6. The second-order valence-electron chi connectivity index (χ2n) is 18.1. The highest BCUT2D eigenvalue weighted by molar-refractivity contribution is 5.72. The van der Waals surface area contributed by atoms with Crippen molar-refractivity contribution in [2.75, 3.05) is 13.2 Å². The van der Waals surface area contributed by atoms with Gasteiger partial charge in [0.15, 0.2) is 6.10 Å². The Bertz CT molecular complexity index is 1470. The lowest BCUT2D eigenvalue weighted by Crippen LogP contribution is -2.30. The first-order chi connectivity index (χ1) is 34.0. The van der Waals surface area contributed by atoms with Crippen LogP contribution in [0.3, 0.4) is 0 Å². The van der Waals surface area contributed by atoms with Crippen LogP contribution in [0.5, 0.6) is 0 Å². The van der Waals surface area contributed by atoms with E-state index >= 15 is 0 Å². The van der Waals surface area contributed by atoms with Crippen molar-refractivity contribution in [1.82, 2.24) is 0 Å². The number of esters is 3. The van der Waals surface area contributed by atoms with Gasteiger partial charge in [0.05, 0.1) is 6.42 Å². The quantitative estimate of drug-likeness (QED) is 0.0262. The Kier molecular flexibility index (Phi) is 53.0. The Morgan fingerprint density at radius 1 is 0.319 bits per heavy atom. The fourth-order valence-electron chi connectivity index (χ4n) is 7.33. The van der Waals surface area contributed by atoms with Gasteiger partial charge in [-0.15, -0.1) is 0 Å². The lowest BCUT2D eigenvalue weighted by Gasteiger charge is -2.18. The van der Waals surface area contributed by atoms with Crippen molar-refractivity contribution >= 4 is 17.9 Å². The average Bonchev–Trinajstić information content (AvgIpc) is 3.35. The lowest BCUT2D eigenvalue weighted by atomic mass is 10.1. The van der Waals surface area contributed by atoms with E-state index < -0.39 is 12.1 Å². The number of hydrogen-bond donors (Lipinski definition) is 0. The van der Waals surface area contributed by atoms with E-state index in [0.29, 0.717) is 19.3 Å². The van der Waals surface area contributed by atoms with Crippen LogP contribution in [0.25, 0.3) is 0 Å². The summed E-state index contributed by atoms with van der Waals surface area (Å²) in [6.07, 6.45) is 77.9. The Balaban J connectivity index is 4.51. The molecule has 0 aliphatic heterocycles. The van der Waals surface area contributed by atoms with Crippen molar-refractivity contribution in [2.45, 2.75) is 245 Å². The number of rotatable bonds is 49. The highest BCUT2D eigenvalue weighted by atomic mass is 16.6. The lowest BCUT2D eigenvalue weighted by molar-refractivity contribution is -0.166. The molecule has 0 heterocycles. The summed E-state index contributed by atoms with van der Waals surface area (Å²) < 4.78 is 16.7. The molecule has 0 rings (SSSR count). The predicted octanol–water partition coefficient (Wildman–Crippen LogP) is 18.9. The van der Waals surface area contributed by atoms with E-state index in [1.165, 1.54) is 103 Å². The zero-order valence-electron chi connectivity index (χ0n) is 44.5. The Hall–Kier alpha value is -4.19. The molecule has 0 aliphatic carbocycles. The number of carbonyl (C=O) groups is 3. The largest absolute Gasteiger partial charge is 0.462 e. The van der Waals surface area contributed by atoms with E-state index in [9.17, 15) is 14.4 Å². The third-order valence-corrected chi connectivity index (χ3v) is 11.5. The van der Waals surface area contributed by atoms with Crippen LogP contribution < -0.4 is 0 Å². The molecule has 0 fully saturated rings. The van der Waals surface area contributed by atoms with Gasteiger partial charge >= 0.3 is 17.9 Å². The molecule has 1 unspecified atom stereocenters. The molecule has 0 amide bonds. The van der Waals surface area contributed by atoms with Crippen LogP contribution in [-0.4, -0.2) is 37.2 Å². The average molecular weight is 956 g/mol. The predicted molar refractivity (Wildman–Crippen MR) is 297 cm³/mol. The van der Waals surface area contributed by atoms with Crippen LogP contribution >= 0.6 is 0 Å². The first-order valence-electron chi connectivity index (χ1n) is 28.0. The topological polar surface area (TPSA) is 78.9 Å². The number of ether oxygens (including phenoxy) is 3. The summed E-state index contributed by atoms with van der Waals surface area (Å²) >= 11 is 0. The molecule has 0 radical (unpaired) electrons. The van der Waals surface area contributed by atoms with Crippen LogP contribution in [0.4, 0.5) is 0 Å². The number of allylic oxidation sites excluding steroid dienone is 19. The normalized spacial score (nSPS) is 13.0.